The van der Waals surface area contributed by atoms with Crippen LogP contribution >= 0.6 is 0 Å². The molecule has 0 spiro atoms. The molecule has 34 heavy (non-hydrogen) atoms. The second kappa shape index (κ2) is 8.78. The third-order valence-electron chi connectivity index (χ3n) is 7.62. The molecule has 178 valence electrons. The van der Waals surface area contributed by atoms with Gasteiger partial charge in [0.1, 0.15) is 6.61 Å². The molecule has 7 nitrogen and oxygen atoms in total. The number of fused-ring (bicyclic) bond motifs is 3. The summed E-state index contributed by atoms with van der Waals surface area (Å²) in [7, 11) is 0. The summed E-state index contributed by atoms with van der Waals surface area (Å²) in [5.41, 5.74) is 3.94. The van der Waals surface area contributed by atoms with Crippen LogP contribution in [0, 0.1) is 11.8 Å². The zero-order valence-electron chi connectivity index (χ0n) is 19.3. The van der Waals surface area contributed by atoms with E-state index in [9.17, 15) is 19.5 Å². The van der Waals surface area contributed by atoms with Crippen LogP contribution in [-0.2, 0) is 14.3 Å². The molecule has 3 aliphatic rings. The molecular formula is C27H30N2O5. The Morgan fingerprint density at radius 3 is 2.21 bits per heavy atom. The minimum absolute atomic E-state index is 0.0236. The Bertz CT molecular complexity index is 1080. The maximum Gasteiger partial charge on any atom is 0.407 e. The summed E-state index contributed by atoms with van der Waals surface area (Å²) >= 11 is 0. The number of nitrogens with zero attached hydrogens (tertiary/aromatic N) is 1. The fraction of sp³-hybridized carbons (Fsp3) is 0.444. The van der Waals surface area contributed by atoms with E-state index in [1.165, 1.54) is 11.1 Å². The monoisotopic (exact) mass is 462 g/mol. The van der Waals surface area contributed by atoms with E-state index in [0.717, 1.165) is 24.0 Å². The van der Waals surface area contributed by atoms with E-state index in [-0.39, 0.29) is 37.3 Å². The van der Waals surface area contributed by atoms with E-state index in [1.54, 1.807) is 4.90 Å². The van der Waals surface area contributed by atoms with Crippen LogP contribution in [0.25, 0.3) is 11.1 Å². The maximum absolute atomic E-state index is 12.9. The van der Waals surface area contributed by atoms with Gasteiger partial charge in [-0.3, -0.25) is 9.59 Å². The zero-order chi connectivity index (χ0) is 23.9. The van der Waals surface area contributed by atoms with E-state index in [1.807, 2.05) is 31.2 Å². The first kappa shape index (κ1) is 22.4. The van der Waals surface area contributed by atoms with Crippen LogP contribution in [-0.4, -0.2) is 53.2 Å². The van der Waals surface area contributed by atoms with Crippen molar-refractivity contribution in [2.75, 3.05) is 19.7 Å². The fourth-order valence-electron chi connectivity index (χ4n) is 5.49. The highest BCUT2D eigenvalue weighted by atomic mass is 16.5. The number of amides is 2. The summed E-state index contributed by atoms with van der Waals surface area (Å²) in [6, 6.07) is 16.4. The van der Waals surface area contributed by atoms with E-state index in [4.69, 9.17) is 4.74 Å². The van der Waals surface area contributed by atoms with Crippen molar-refractivity contribution in [3.8, 4) is 11.1 Å². The van der Waals surface area contributed by atoms with Gasteiger partial charge in [0, 0.05) is 19.0 Å². The zero-order valence-corrected chi connectivity index (χ0v) is 19.3. The standard InChI is InChI=1S/C27H30N2O5/c1-27(18-10-11-18,14-24(30)29-13-12-17(15-29)25(31)32)28-26(33)34-16-23-21-8-4-2-6-19(21)20-7-3-5-9-22(20)23/h2-9,17-18,23H,10-16H2,1H3,(H,28,33)(H,31,32). The van der Waals surface area contributed by atoms with Crippen molar-refractivity contribution in [3.63, 3.8) is 0 Å². The molecule has 1 saturated carbocycles. The van der Waals surface area contributed by atoms with Crippen molar-refractivity contribution in [1.82, 2.24) is 10.2 Å². The van der Waals surface area contributed by atoms with Crippen LogP contribution < -0.4 is 5.32 Å². The molecule has 1 heterocycles. The highest BCUT2D eigenvalue weighted by molar-refractivity contribution is 5.81. The summed E-state index contributed by atoms with van der Waals surface area (Å²) < 4.78 is 5.72. The number of carbonyl (C=O) groups excluding carboxylic acids is 2. The molecule has 2 unspecified atom stereocenters. The molecule has 2 amide bonds. The number of carboxylic acids is 1. The maximum atomic E-state index is 12.9. The Balaban J connectivity index is 1.23. The Morgan fingerprint density at radius 2 is 1.65 bits per heavy atom. The number of carbonyl (C=O) groups is 3. The van der Waals surface area contributed by atoms with Gasteiger partial charge in [-0.05, 0) is 54.4 Å². The van der Waals surface area contributed by atoms with Crippen molar-refractivity contribution in [2.24, 2.45) is 11.8 Å². The molecule has 0 radical (unpaired) electrons. The summed E-state index contributed by atoms with van der Waals surface area (Å²) in [4.78, 5) is 38.7. The minimum atomic E-state index is -0.864. The number of alkyl carbamates (subject to hydrolysis) is 1. The summed E-state index contributed by atoms with van der Waals surface area (Å²) in [6.45, 7) is 2.80. The first-order valence-electron chi connectivity index (χ1n) is 12.0. The summed E-state index contributed by atoms with van der Waals surface area (Å²) in [5, 5.41) is 12.2. The van der Waals surface area contributed by atoms with E-state index in [2.05, 4.69) is 29.6 Å². The topological polar surface area (TPSA) is 95.9 Å². The molecule has 2 fully saturated rings. The van der Waals surface area contributed by atoms with Gasteiger partial charge in [-0.1, -0.05) is 48.5 Å². The van der Waals surface area contributed by atoms with Crippen molar-refractivity contribution in [1.29, 1.82) is 0 Å². The smallest absolute Gasteiger partial charge is 0.407 e. The molecule has 0 aromatic heterocycles. The lowest BCUT2D eigenvalue weighted by Gasteiger charge is -2.32. The first-order chi connectivity index (χ1) is 16.4. The molecular weight excluding hydrogens is 432 g/mol. The number of ether oxygens (including phenoxy) is 1. The number of aliphatic carboxylic acids is 1. The lowest BCUT2D eigenvalue weighted by Crippen LogP contribution is -2.51. The predicted octanol–water partition coefficient (Wildman–Crippen LogP) is 4.02. The molecule has 1 saturated heterocycles. The van der Waals surface area contributed by atoms with Gasteiger partial charge in [0.05, 0.1) is 17.9 Å². The summed E-state index contributed by atoms with van der Waals surface area (Å²) in [5.74, 6) is -1.29. The molecule has 5 rings (SSSR count). The van der Waals surface area contributed by atoms with Crippen molar-refractivity contribution in [3.05, 3.63) is 59.7 Å². The van der Waals surface area contributed by atoms with Crippen LogP contribution in [0.15, 0.2) is 48.5 Å². The van der Waals surface area contributed by atoms with Crippen LogP contribution in [0.4, 0.5) is 4.79 Å². The molecule has 7 heteroatoms. The van der Waals surface area contributed by atoms with Gasteiger partial charge in [-0.2, -0.15) is 0 Å². The number of hydrogen-bond donors (Lipinski definition) is 2. The summed E-state index contributed by atoms with van der Waals surface area (Å²) in [6.07, 6.45) is 2.00. The molecule has 2 atom stereocenters. The van der Waals surface area contributed by atoms with Crippen molar-refractivity contribution >= 4 is 18.0 Å². The Hall–Kier alpha value is -3.35. The second-order valence-electron chi connectivity index (χ2n) is 9.98. The predicted molar refractivity (Wildman–Crippen MR) is 126 cm³/mol. The van der Waals surface area contributed by atoms with E-state index >= 15 is 0 Å². The van der Waals surface area contributed by atoms with Gasteiger partial charge in [0.25, 0.3) is 0 Å². The lowest BCUT2D eigenvalue weighted by molar-refractivity contribution is -0.141. The highest BCUT2D eigenvalue weighted by Crippen LogP contribution is 2.45. The van der Waals surface area contributed by atoms with Crippen molar-refractivity contribution in [2.45, 2.75) is 44.1 Å². The Kier molecular flexibility index (Phi) is 5.80. The van der Waals surface area contributed by atoms with Crippen molar-refractivity contribution < 1.29 is 24.2 Å². The second-order valence-corrected chi connectivity index (χ2v) is 9.98. The SMILES string of the molecule is CC(CC(=O)N1CCC(C(=O)O)C1)(NC(=O)OCC1c2ccccc2-c2ccccc21)C1CC1. The molecule has 2 aliphatic carbocycles. The molecule has 1 aliphatic heterocycles. The van der Waals surface area contributed by atoms with E-state index in [0.29, 0.717) is 13.0 Å². The lowest BCUT2D eigenvalue weighted by atomic mass is 9.91. The number of rotatable bonds is 7. The average Bonchev–Trinajstić information content (AvgIpc) is 3.48. The highest BCUT2D eigenvalue weighted by Gasteiger charge is 2.46. The number of benzene rings is 2. The number of nitrogens with one attached hydrogen (secondary N) is 1. The molecule has 2 N–H and O–H groups in total. The number of carboxylic acid groups (broad SMARTS) is 1. The molecule has 0 bridgehead atoms. The van der Waals surface area contributed by atoms with Crippen LogP contribution in [0.2, 0.25) is 0 Å². The Labute approximate surface area is 199 Å². The number of hydrogen-bond acceptors (Lipinski definition) is 4. The third kappa shape index (κ3) is 4.27. The van der Waals surface area contributed by atoms with Gasteiger partial charge in [-0.15, -0.1) is 0 Å². The molecule has 2 aromatic rings. The first-order valence-corrected chi connectivity index (χ1v) is 12.0. The minimum Gasteiger partial charge on any atom is -0.481 e. The van der Waals surface area contributed by atoms with E-state index < -0.39 is 23.5 Å². The third-order valence-corrected chi connectivity index (χ3v) is 7.62. The van der Waals surface area contributed by atoms with Crippen LogP contribution in [0.5, 0.6) is 0 Å². The normalized spacial score (nSPS) is 20.9. The van der Waals surface area contributed by atoms with Gasteiger partial charge in [0.15, 0.2) is 0 Å². The Morgan fingerprint density at radius 1 is 1.03 bits per heavy atom. The van der Waals surface area contributed by atoms with Gasteiger partial charge < -0.3 is 20.1 Å². The van der Waals surface area contributed by atoms with Gasteiger partial charge in [0.2, 0.25) is 5.91 Å². The van der Waals surface area contributed by atoms with Crippen LogP contribution in [0.1, 0.15) is 49.7 Å². The van der Waals surface area contributed by atoms with Gasteiger partial charge in [-0.25, -0.2) is 4.79 Å². The fourth-order valence-corrected chi connectivity index (χ4v) is 5.49. The van der Waals surface area contributed by atoms with Crippen LogP contribution in [0.3, 0.4) is 0 Å². The number of likely N-dealkylation sites (tertiary alicyclic amines) is 1. The quantitative estimate of drug-likeness (QED) is 0.648. The molecule has 2 aromatic carbocycles. The van der Waals surface area contributed by atoms with Gasteiger partial charge >= 0.3 is 12.1 Å². The largest absolute Gasteiger partial charge is 0.481 e. The average molecular weight is 463 g/mol.